The molecule has 1 aliphatic heterocycles. The highest BCUT2D eigenvalue weighted by Gasteiger charge is 2.09. The molecule has 52 valence electrons. The average Bonchev–Trinajstić information content (AvgIpc) is 1.89. The largest absolute Gasteiger partial charge is 0.310 e. The molecule has 0 amide bonds. The van der Waals surface area contributed by atoms with E-state index in [-0.39, 0.29) is 0 Å². The average molecular weight is 125 g/mol. The van der Waals surface area contributed by atoms with Crippen LogP contribution in [0.2, 0.25) is 0 Å². The molecule has 0 bridgehead atoms. The van der Waals surface area contributed by atoms with Gasteiger partial charge in [0.2, 0.25) is 0 Å². The SMILES string of the molecule is CCC1NCCC=C1C. The van der Waals surface area contributed by atoms with Crippen LogP contribution in [0.1, 0.15) is 26.7 Å². The van der Waals surface area contributed by atoms with Crippen LogP contribution in [0.25, 0.3) is 0 Å². The minimum absolute atomic E-state index is 0.666. The number of hydrogen-bond acceptors (Lipinski definition) is 1. The van der Waals surface area contributed by atoms with Crippen molar-refractivity contribution in [2.45, 2.75) is 32.7 Å². The van der Waals surface area contributed by atoms with E-state index in [2.05, 4.69) is 25.2 Å². The van der Waals surface area contributed by atoms with Crippen molar-refractivity contribution in [1.82, 2.24) is 5.32 Å². The molecule has 0 saturated heterocycles. The van der Waals surface area contributed by atoms with Crippen molar-refractivity contribution >= 4 is 0 Å². The van der Waals surface area contributed by atoms with Crippen LogP contribution < -0.4 is 5.32 Å². The van der Waals surface area contributed by atoms with Crippen LogP contribution in [0.5, 0.6) is 0 Å². The number of hydrogen-bond donors (Lipinski definition) is 1. The lowest BCUT2D eigenvalue weighted by molar-refractivity contribution is 0.535. The van der Waals surface area contributed by atoms with Crippen LogP contribution >= 0.6 is 0 Å². The highest BCUT2D eigenvalue weighted by molar-refractivity contribution is 5.10. The molecule has 1 N–H and O–H groups in total. The molecule has 0 aromatic heterocycles. The summed E-state index contributed by atoms with van der Waals surface area (Å²) in [5, 5.41) is 3.45. The van der Waals surface area contributed by atoms with Crippen molar-refractivity contribution in [2.75, 3.05) is 6.54 Å². The lowest BCUT2D eigenvalue weighted by Gasteiger charge is -2.21. The van der Waals surface area contributed by atoms with Crippen LogP contribution in [0.15, 0.2) is 11.6 Å². The second-order valence-electron chi connectivity index (χ2n) is 2.65. The van der Waals surface area contributed by atoms with E-state index in [4.69, 9.17) is 0 Å². The van der Waals surface area contributed by atoms with Gasteiger partial charge in [-0.2, -0.15) is 0 Å². The standard InChI is InChI=1S/C8H15N/c1-3-8-7(2)5-4-6-9-8/h5,8-9H,3-4,6H2,1-2H3. The van der Waals surface area contributed by atoms with Gasteiger partial charge in [0, 0.05) is 6.04 Å². The van der Waals surface area contributed by atoms with Crippen LogP contribution in [0.3, 0.4) is 0 Å². The second-order valence-corrected chi connectivity index (χ2v) is 2.65. The summed E-state index contributed by atoms with van der Waals surface area (Å²) >= 11 is 0. The maximum absolute atomic E-state index is 3.45. The van der Waals surface area contributed by atoms with E-state index in [0.717, 1.165) is 6.54 Å². The minimum atomic E-state index is 0.666. The molecule has 0 aromatic rings. The Morgan fingerprint density at radius 3 is 3.00 bits per heavy atom. The molecule has 9 heavy (non-hydrogen) atoms. The van der Waals surface area contributed by atoms with Gasteiger partial charge in [-0.3, -0.25) is 0 Å². The number of nitrogens with one attached hydrogen (secondary N) is 1. The number of rotatable bonds is 1. The molecule has 1 heterocycles. The van der Waals surface area contributed by atoms with Gasteiger partial charge in [0.1, 0.15) is 0 Å². The van der Waals surface area contributed by atoms with Gasteiger partial charge in [-0.25, -0.2) is 0 Å². The van der Waals surface area contributed by atoms with Gasteiger partial charge in [0.15, 0.2) is 0 Å². The highest BCUT2D eigenvalue weighted by Crippen LogP contribution is 2.09. The van der Waals surface area contributed by atoms with E-state index in [0.29, 0.717) is 6.04 Å². The van der Waals surface area contributed by atoms with E-state index < -0.39 is 0 Å². The monoisotopic (exact) mass is 125 g/mol. The smallest absolute Gasteiger partial charge is 0.0274 e. The topological polar surface area (TPSA) is 12.0 Å². The van der Waals surface area contributed by atoms with Crippen LogP contribution in [0, 0.1) is 0 Å². The fourth-order valence-corrected chi connectivity index (χ4v) is 1.33. The lowest BCUT2D eigenvalue weighted by atomic mass is 10.0. The quantitative estimate of drug-likeness (QED) is 0.526. The molecular formula is C8H15N. The zero-order chi connectivity index (χ0) is 6.69. The van der Waals surface area contributed by atoms with E-state index >= 15 is 0 Å². The fourth-order valence-electron chi connectivity index (χ4n) is 1.33. The summed E-state index contributed by atoms with van der Waals surface area (Å²) in [5.74, 6) is 0. The molecule has 0 spiro atoms. The van der Waals surface area contributed by atoms with Gasteiger partial charge in [-0.15, -0.1) is 0 Å². The predicted molar refractivity (Wildman–Crippen MR) is 40.5 cm³/mol. The van der Waals surface area contributed by atoms with Crippen molar-refractivity contribution in [2.24, 2.45) is 0 Å². The summed E-state index contributed by atoms with van der Waals surface area (Å²) in [4.78, 5) is 0. The highest BCUT2D eigenvalue weighted by atomic mass is 14.9. The van der Waals surface area contributed by atoms with Crippen LogP contribution in [-0.4, -0.2) is 12.6 Å². The third-order valence-electron chi connectivity index (χ3n) is 1.96. The third-order valence-corrected chi connectivity index (χ3v) is 1.96. The van der Waals surface area contributed by atoms with Gasteiger partial charge < -0.3 is 5.32 Å². The van der Waals surface area contributed by atoms with E-state index in [1.54, 1.807) is 0 Å². The van der Waals surface area contributed by atoms with Crippen LogP contribution in [0.4, 0.5) is 0 Å². The molecule has 0 aromatic carbocycles. The van der Waals surface area contributed by atoms with Crippen molar-refractivity contribution in [3.63, 3.8) is 0 Å². The Kier molecular flexibility index (Phi) is 2.29. The Hall–Kier alpha value is -0.300. The third kappa shape index (κ3) is 1.55. The zero-order valence-corrected chi connectivity index (χ0v) is 6.28. The Bertz CT molecular complexity index is 116. The second kappa shape index (κ2) is 3.02. The Labute approximate surface area is 57.1 Å². The maximum Gasteiger partial charge on any atom is 0.0274 e. The first-order chi connectivity index (χ1) is 4.34. The molecule has 1 heteroatoms. The fraction of sp³-hybridized carbons (Fsp3) is 0.750. The summed E-state index contributed by atoms with van der Waals surface area (Å²) in [6, 6.07) is 0.666. The minimum Gasteiger partial charge on any atom is -0.310 e. The molecule has 0 saturated carbocycles. The van der Waals surface area contributed by atoms with Crippen molar-refractivity contribution < 1.29 is 0 Å². The molecule has 1 aliphatic rings. The summed E-state index contributed by atoms with van der Waals surface area (Å²) in [6.07, 6.45) is 4.77. The molecule has 0 radical (unpaired) electrons. The molecule has 0 aliphatic carbocycles. The van der Waals surface area contributed by atoms with Crippen molar-refractivity contribution in [3.8, 4) is 0 Å². The van der Waals surface area contributed by atoms with E-state index in [1.165, 1.54) is 18.4 Å². The first-order valence-corrected chi connectivity index (χ1v) is 3.74. The normalized spacial score (nSPS) is 27.8. The molecule has 1 atom stereocenters. The maximum atomic E-state index is 3.45. The van der Waals surface area contributed by atoms with Crippen molar-refractivity contribution in [3.05, 3.63) is 11.6 Å². The van der Waals surface area contributed by atoms with Gasteiger partial charge >= 0.3 is 0 Å². The van der Waals surface area contributed by atoms with Gasteiger partial charge in [-0.1, -0.05) is 18.6 Å². The predicted octanol–water partition coefficient (Wildman–Crippen LogP) is 1.70. The Balaban J connectivity index is 2.50. The van der Waals surface area contributed by atoms with Gasteiger partial charge in [0.05, 0.1) is 0 Å². The molecule has 1 unspecified atom stereocenters. The van der Waals surface area contributed by atoms with E-state index in [1.807, 2.05) is 0 Å². The summed E-state index contributed by atoms with van der Waals surface area (Å²) in [7, 11) is 0. The Morgan fingerprint density at radius 2 is 2.56 bits per heavy atom. The van der Waals surface area contributed by atoms with E-state index in [9.17, 15) is 0 Å². The lowest BCUT2D eigenvalue weighted by Crippen LogP contribution is -2.33. The molecule has 1 rings (SSSR count). The first kappa shape index (κ1) is 6.81. The molecule has 1 nitrogen and oxygen atoms in total. The zero-order valence-electron chi connectivity index (χ0n) is 6.28. The van der Waals surface area contributed by atoms with Gasteiger partial charge in [0.25, 0.3) is 0 Å². The summed E-state index contributed by atoms with van der Waals surface area (Å²) in [6.45, 7) is 5.59. The first-order valence-electron chi connectivity index (χ1n) is 3.74. The van der Waals surface area contributed by atoms with Gasteiger partial charge in [-0.05, 0) is 26.3 Å². The van der Waals surface area contributed by atoms with Crippen LogP contribution in [-0.2, 0) is 0 Å². The summed E-state index contributed by atoms with van der Waals surface area (Å²) < 4.78 is 0. The Morgan fingerprint density at radius 1 is 1.78 bits per heavy atom. The van der Waals surface area contributed by atoms with Crippen molar-refractivity contribution in [1.29, 1.82) is 0 Å². The molecule has 0 fully saturated rings. The molecular weight excluding hydrogens is 110 g/mol. The summed E-state index contributed by atoms with van der Waals surface area (Å²) in [5.41, 5.74) is 1.52.